The molecule has 0 fully saturated rings. The van der Waals surface area contributed by atoms with Crippen LogP contribution >= 0.6 is 15.9 Å². The third kappa shape index (κ3) is 2.91. The summed E-state index contributed by atoms with van der Waals surface area (Å²) in [6, 6.07) is 7.38. The van der Waals surface area contributed by atoms with Crippen molar-refractivity contribution in [3.63, 3.8) is 0 Å². The molecule has 0 unspecified atom stereocenters. The van der Waals surface area contributed by atoms with E-state index >= 15 is 0 Å². The predicted octanol–water partition coefficient (Wildman–Crippen LogP) is 3.92. The van der Waals surface area contributed by atoms with Crippen LogP contribution in [0, 0.1) is 12.7 Å². The summed E-state index contributed by atoms with van der Waals surface area (Å²) < 4.78 is 13.7. The van der Waals surface area contributed by atoms with E-state index in [0.29, 0.717) is 27.1 Å². The molecular formula is C14H12BrFN2O2. The normalized spacial score (nSPS) is 10.3. The molecule has 4 nitrogen and oxygen atoms in total. The van der Waals surface area contributed by atoms with Crippen LogP contribution < -0.4 is 11.1 Å². The van der Waals surface area contributed by atoms with Crippen molar-refractivity contribution in [1.29, 1.82) is 0 Å². The molecule has 6 heteroatoms. The zero-order chi connectivity index (χ0) is 14.9. The number of hydrogen-bond donors (Lipinski definition) is 3. The quantitative estimate of drug-likeness (QED) is 0.741. The Labute approximate surface area is 123 Å². The van der Waals surface area contributed by atoms with Crippen LogP contribution in [0.2, 0.25) is 0 Å². The second-order valence-electron chi connectivity index (χ2n) is 4.32. The number of aryl methyl sites for hydroxylation is 1. The van der Waals surface area contributed by atoms with Gasteiger partial charge >= 0.3 is 5.97 Å². The van der Waals surface area contributed by atoms with E-state index in [1.54, 1.807) is 13.0 Å². The SMILES string of the molecule is Cc1cc(F)c(Br)cc1Nc1cc(N)ccc1C(=O)O. The molecule has 0 spiro atoms. The summed E-state index contributed by atoms with van der Waals surface area (Å²) in [7, 11) is 0. The van der Waals surface area contributed by atoms with Crippen molar-refractivity contribution in [2.45, 2.75) is 6.92 Å². The fourth-order valence-electron chi connectivity index (χ4n) is 1.78. The molecule has 0 heterocycles. The first-order valence-corrected chi connectivity index (χ1v) is 6.53. The highest BCUT2D eigenvalue weighted by atomic mass is 79.9. The van der Waals surface area contributed by atoms with Gasteiger partial charge in [0.25, 0.3) is 0 Å². The van der Waals surface area contributed by atoms with Gasteiger partial charge in [0.2, 0.25) is 0 Å². The van der Waals surface area contributed by atoms with Crippen molar-refractivity contribution >= 4 is 39.0 Å². The van der Waals surface area contributed by atoms with E-state index in [4.69, 9.17) is 10.8 Å². The van der Waals surface area contributed by atoms with Gasteiger partial charge in [0.15, 0.2) is 0 Å². The van der Waals surface area contributed by atoms with E-state index in [2.05, 4.69) is 21.2 Å². The summed E-state index contributed by atoms with van der Waals surface area (Å²) in [6.45, 7) is 1.73. The zero-order valence-electron chi connectivity index (χ0n) is 10.6. The van der Waals surface area contributed by atoms with Gasteiger partial charge in [-0.25, -0.2) is 9.18 Å². The number of anilines is 3. The summed E-state index contributed by atoms with van der Waals surface area (Å²) in [6.07, 6.45) is 0. The average molecular weight is 339 g/mol. The minimum absolute atomic E-state index is 0.0963. The third-order valence-electron chi connectivity index (χ3n) is 2.81. The molecule has 2 aromatic carbocycles. The maximum absolute atomic E-state index is 13.4. The fourth-order valence-corrected chi connectivity index (χ4v) is 2.12. The first-order chi connectivity index (χ1) is 9.38. The molecule has 104 valence electrons. The van der Waals surface area contributed by atoms with Crippen LogP contribution in [0.3, 0.4) is 0 Å². The lowest BCUT2D eigenvalue weighted by Crippen LogP contribution is -2.04. The molecule has 20 heavy (non-hydrogen) atoms. The van der Waals surface area contributed by atoms with Crippen LogP contribution in [-0.2, 0) is 0 Å². The molecule has 2 aromatic rings. The van der Waals surface area contributed by atoms with Crippen molar-refractivity contribution in [2.75, 3.05) is 11.1 Å². The predicted molar refractivity (Wildman–Crippen MR) is 79.9 cm³/mol. The summed E-state index contributed by atoms with van der Waals surface area (Å²) >= 11 is 3.10. The summed E-state index contributed by atoms with van der Waals surface area (Å²) in [5.74, 6) is -1.44. The minimum atomic E-state index is -1.06. The number of carboxylic acids is 1. The zero-order valence-corrected chi connectivity index (χ0v) is 12.2. The van der Waals surface area contributed by atoms with Crippen molar-refractivity contribution in [3.05, 3.63) is 51.7 Å². The first-order valence-electron chi connectivity index (χ1n) is 5.74. The number of carbonyl (C=O) groups is 1. The van der Waals surface area contributed by atoms with Gasteiger partial charge in [-0.1, -0.05) is 0 Å². The highest BCUT2D eigenvalue weighted by Gasteiger charge is 2.12. The van der Waals surface area contributed by atoms with Gasteiger partial charge in [0.1, 0.15) is 5.82 Å². The van der Waals surface area contributed by atoms with E-state index in [-0.39, 0.29) is 11.4 Å². The smallest absolute Gasteiger partial charge is 0.337 e. The molecule has 4 N–H and O–H groups in total. The van der Waals surface area contributed by atoms with Crippen molar-refractivity contribution < 1.29 is 14.3 Å². The lowest BCUT2D eigenvalue weighted by molar-refractivity contribution is 0.0698. The molecule has 0 aliphatic heterocycles. The largest absolute Gasteiger partial charge is 0.478 e. The molecule has 0 aromatic heterocycles. The molecule has 2 rings (SSSR count). The van der Waals surface area contributed by atoms with Crippen molar-refractivity contribution in [2.24, 2.45) is 0 Å². The second kappa shape index (κ2) is 5.50. The Kier molecular flexibility index (Phi) is 3.94. The molecule has 0 amide bonds. The van der Waals surface area contributed by atoms with Crippen LogP contribution in [0.1, 0.15) is 15.9 Å². The Hall–Kier alpha value is -2.08. The Balaban J connectivity index is 2.47. The summed E-state index contributed by atoms with van der Waals surface area (Å²) in [5.41, 5.74) is 7.83. The van der Waals surface area contributed by atoms with Gasteiger partial charge in [-0.3, -0.25) is 0 Å². The van der Waals surface area contributed by atoms with Gasteiger partial charge in [-0.2, -0.15) is 0 Å². The maximum atomic E-state index is 13.4. The standard InChI is InChI=1S/C14H12BrFN2O2/c1-7-4-11(16)10(15)6-12(7)18-13-5-8(17)2-3-9(13)14(19)20/h2-6,18H,17H2,1H3,(H,19,20). The lowest BCUT2D eigenvalue weighted by atomic mass is 10.1. The van der Waals surface area contributed by atoms with Crippen LogP contribution in [-0.4, -0.2) is 11.1 Å². The number of nitrogens with one attached hydrogen (secondary N) is 1. The number of hydrogen-bond acceptors (Lipinski definition) is 3. The van der Waals surface area contributed by atoms with Gasteiger partial charge in [-0.15, -0.1) is 0 Å². The van der Waals surface area contributed by atoms with E-state index in [0.717, 1.165) is 0 Å². The molecule has 0 bridgehead atoms. The number of nitrogen functional groups attached to an aromatic ring is 1. The van der Waals surface area contributed by atoms with Gasteiger partial charge < -0.3 is 16.2 Å². The van der Waals surface area contributed by atoms with E-state index in [1.165, 1.54) is 24.3 Å². The topological polar surface area (TPSA) is 75.3 Å². The number of nitrogens with two attached hydrogens (primary N) is 1. The van der Waals surface area contributed by atoms with Crippen LogP contribution in [0.4, 0.5) is 21.5 Å². The molecule has 0 saturated carbocycles. The third-order valence-corrected chi connectivity index (χ3v) is 3.42. The van der Waals surface area contributed by atoms with Gasteiger partial charge in [0, 0.05) is 11.4 Å². The Bertz CT molecular complexity index is 689. The molecule has 0 aliphatic carbocycles. The van der Waals surface area contributed by atoms with Crippen LogP contribution in [0.25, 0.3) is 0 Å². The summed E-state index contributed by atoms with van der Waals surface area (Å²) in [5, 5.41) is 12.1. The molecular weight excluding hydrogens is 327 g/mol. The molecule has 0 radical (unpaired) electrons. The van der Waals surface area contributed by atoms with Crippen LogP contribution in [0.15, 0.2) is 34.8 Å². The maximum Gasteiger partial charge on any atom is 0.337 e. The van der Waals surface area contributed by atoms with Crippen LogP contribution in [0.5, 0.6) is 0 Å². The lowest BCUT2D eigenvalue weighted by Gasteiger charge is -2.13. The average Bonchev–Trinajstić information content (AvgIpc) is 2.35. The van der Waals surface area contributed by atoms with Gasteiger partial charge in [0.05, 0.1) is 15.7 Å². The number of aromatic carboxylic acids is 1. The van der Waals surface area contributed by atoms with Crippen molar-refractivity contribution in [3.8, 4) is 0 Å². The highest BCUT2D eigenvalue weighted by Crippen LogP contribution is 2.29. The number of benzene rings is 2. The van der Waals surface area contributed by atoms with Gasteiger partial charge in [-0.05, 0) is 58.7 Å². The first kappa shape index (κ1) is 14.3. The number of rotatable bonds is 3. The van der Waals surface area contributed by atoms with Crippen molar-refractivity contribution in [1.82, 2.24) is 0 Å². The molecule has 0 aliphatic rings. The second-order valence-corrected chi connectivity index (χ2v) is 5.17. The summed E-state index contributed by atoms with van der Waals surface area (Å²) in [4.78, 5) is 11.2. The molecule has 0 saturated heterocycles. The molecule has 0 atom stereocenters. The number of carboxylic acid groups (broad SMARTS) is 1. The van der Waals surface area contributed by atoms with E-state index in [1.807, 2.05) is 0 Å². The monoisotopic (exact) mass is 338 g/mol. The Morgan fingerprint density at radius 3 is 2.65 bits per heavy atom. The number of halogens is 2. The Morgan fingerprint density at radius 1 is 1.30 bits per heavy atom. The Morgan fingerprint density at radius 2 is 2.00 bits per heavy atom. The van der Waals surface area contributed by atoms with E-state index in [9.17, 15) is 9.18 Å². The fraction of sp³-hybridized carbons (Fsp3) is 0.0714. The highest BCUT2D eigenvalue weighted by molar-refractivity contribution is 9.10. The minimum Gasteiger partial charge on any atom is -0.478 e. The van der Waals surface area contributed by atoms with E-state index < -0.39 is 5.97 Å².